The molecule has 3 atom stereocenters. The Bertz CT molecular complexity index is 453. The third kappa shape index (κ3) is 4.22. The Hall–Kier alpha value is -1.63. The van der Waals surface area contributed by atoms with Gasteiger partial charge in [-0.05, 0) is 37.5 Å². The monoisotopic (exact) mass is 326 g/mol. The summed E-state index contributed by atoms with van der Waals surface area (Å²) >= 11 is 0. The molecule has 1 amide bonds. The normalized spacial score (nSPS) is 30.9. The molecule has 2 aliphatic rings. The highest BCUT2D eigenvalue weighted by Gasteiger charge is 2.41. The van der Waals surface area contributed by atoms with Gasteiger partial charge in [0.2, 0.25) is 5.91 Å². The number of nitrogens with two attached hydrogens (primary N) is 1. The summed E-state index contributed by atoms with van der Waals surface area (Å²) in [5, 5.41) is 2.65. The van der Waals surface area contributed by atoms with E-state index < -0.39 is 18.0 Å². The lowest BCUT2D eigenvalue weighted by molar-refractivity contribution is -0.151. The number of ether oxygens (including phenoxy) is 2. The summed E-state index contributed by atoms with van der Waals surface area (Å²) < 4.78 is 9.22. The molecule has 3 unspecified atom stereocenters. The third-order valence-electron chi connectivity index (χ3n) is 5.18. The van der Waals surface area contributed by atoms with Crippen molar-refractivity contribution in [2.24, 2.45) is 23.5 Å². The van der Waals surface area contributed by atoms with Gasteiger partial charge >= 0.3 is 11.9 Å². The topological polar surface area (TPSA) is 108 Å². The summed E-state index contributed by atoms with van der Waals surface area (Å²) in [5.41, 5.74) is 6.23. The van der Waals surface area contributed by atoms with E-state index in [1.54, 1.807) is 0 Å². The lowest BCUT2D eigenvalue weighted by atomic mass is 9.65. The molecule has 0 aromatic rings. The molecule has 0 aromatic heterocycles. The van der Waals surface area contributed by atoms with Crippen LogP contribution in [0.15, 0.2) is 0 Å². The first-order valence-electron chi connectivity index (χ1n) is 8.16. The SMILES string of the molecule is COC(=O)CC(NC(=O)C1CC2CCCC(C1)C2N)C(=O)OC. The van der Waals surface area contributed by atoms with Crippen molar-refractivity contribution < 1.29 is 23.9 Å². The number of nitrogens with one attached hydrogen (secondary N) is 1. The van der Waals surface area contributed by atoms with Gasteiger partial charge in [-0.15, -0.1) is 0 Å². The molecule has 0 aromatic carbocycles. The molecule has 2 aliphatic carbocycles. The number of esters is 2. The molecule has 0 saturated heterocycles. The molecule has 130 valence electrons. The average Bonchev–Trinajstić information content (AvgIpc) is 2.52. The van der Waals surface area contributed by atoms with E-state index in [0.29, 0.717) is 11.8 Å². The maximum atomic E-state index is 12.5. The van der Waals surface area contributed by atoms with Crippen LogP contribution in [-0.2, 0) is 23.9 Å². The first-order valence-corrected chi connectivity index (χ1v) is 8.16. The Morgan fingerprint density at radius 2 is 1.74 bits per heavy atom. The quantitative estimate of drug-likeness (QED) is 0.706. The molecule has 23 heavy (non-hydrogen) atoms. The molecule has 3 N–H and O–H groups in total. The van der Waals surface area contributed by atoms with Gasteiger partial charge < -0.3 is 20.5 Å². The van der Waals surface area contributed by atoms with Crippen LogP contribution in [0.5, 0.6) is 0 Å². The minimum absolute atomic E-state index is 0.157. The Labute approximate surface area is 136 Å². The van der Waals surface area contributed by atoms with Crippen molar-refractivity contribution in [2.45, 2.75) is 50.6 Å². The standard InChI is InChI=1S/C16H26N2O5/c1-22-13(19)8-12(16(21)23-2)18-15(20)11-6-9-4-3-5-10(7-11)14(9)17/h9-12,14H,3-8,17H2,1-2H3,(H,18,20). The number of amides is 1. The predicted molar refractivity (Wildman–Crippen MR) is 82.1 cm³/mol. The van der Waals surface area contributed by atoms with Crippen LogP contribution in [0.1, 0.15) is 38.5 Å². The van der Waals surface area contributed by atoms with Crippen molar-refractivity contribution >= 4 is 17.8 Å². The van der Waals surface area contributed by atoms with Gasteiger partial charge in [-0.1, -0.05) is 6.42 Å². The van der Waals surface area contributed by atoms with Gasteiger partial charge in [-0.2, -0.15) is 0 Å². The first-order chi connectivity index (χ1) is 11.0. The molecule has 0 aliphatic heterocycles. The highest BCUT2D eigenvalue weighted by Crippen LogP contribution is 2.41. The molecular weight excluding hydrogens is 300 g/mol. The maximum Gasteiger partial charge on any atom is 0.328 e. The molecular formula is C16H26N2O5. The minimum atomic E-state index is -1.00. The summed E-state index contributed by atoms with van der Waals surface area (Å²) in [5.74, 6) is -0.825. The van der Waals surface area contributed by atoms with Crippen molar-refractivity contribution in [3.63, 3.8) is 0 Å². The van der Waals surface area contributed by atoms with Gasteiger partial charge in [-0.3, -0.25) is 9.59 Å². The molecule has 0 heterocycles. The van der Waals surface area contributed by atoms with E-state index in [9.17, 15) is 14.4 Å². The summed E-state index contributed by atoms with van der Waals surface area (Å²) in [4.78, 5) is 35.7. The summed E-state index contributed by atoms with van der Waals surface area (Å²) in [6.45, 7) is 0. The predicted octanol–water partition coefficient (Wildman–Crippen LogP) is 0.361. The van der Waals surface area contributed by atoms with E-state index >= 15 is 0 Å². The fourth-order valence-corrected chi connectivity index (χ4v) is 3.88. The number of fused-ring (bicyclic) bond motifs is 2. The van der Waals surface area contributed by atoms with Crippen LogP contribution < -0.4 is 11.1 Å². The molecule has 7 nitrogen and oxygen atoms in total. The molecule has 7 heteroatoms. The second kappa shape index (κ2) is 7.77. The minimum Gasteiger partial charge on any atom is -0.469 e. The lowest BCUT2D eigenvalue weighted by Crippen LogP contribution is -2.51. The Kier molecular flexibility index (Phi) is 5.98. The Morgan fingerprint density at radius 1 is 1.13 bits per heavy atom. The van der Waals surface area contributed by atoms with E-state index in [0.717, 1.165) is 25.7 Å². The van der Waals surface area contributed by atoms with Gasteiger partial charge in [0.25, 0.3) is 0 Å². The van der Waals surface area contributed by atoms with Gasteiger partial charge in [0.15, 0.2) is 0 Å². The van der Waals surface area contributed by atoms with Crippen LogP contribution in [-0.4, -0.2) is 44.1 Å². The number of hydrogen-bond donors (Lipinski definition) is 2. The van der Waals surface area contributed by atoms with Crippen molar-refractivity contribution in [1.82, 2.24) is 5.32 Å². The van der Waals surface area contributed by atoms with Gasteiger partial charge in [-0.25, -0.2) is 4.79 Å². The van der Waals surface area contributed by atoms with Crippen molar-refractivity contribution in [2.75, 3.05) is 14.2 Å². The second-order valence-electron chi connectivity index (χ2n) is 6.56. The average molecular weight is 326 g/mol. The zero-order valence-electron chi connectivity index (χ0n) is 13.7. The second-order valence-corrected chi connectivity index (χ2v) is 6.56. The first kappa shape index (κ1) is 17.7. The molecule has 2 bridgehead atoms. The van der Waals surface area contributed by atoms with Crippen molar-refractivity contribution in [3.05, 3.63) is 0 Å². The van der Waals surface area contributed by atoms with Gasteiger partial charge in [0, 0.05) is 12.0 Å². The number of carbonyl (C=O) groups excluding carboxylic acids is 3. The highest BCUT2D eigenvalue weighted by molar-refractivity contribution is 5.88. The number of carbonyl (C=O) groups is 3. The molecule has 2 fully saturated rings. The summed E-state index contributed by atoms with van der Waals surface area (Å²) in [6.07, 6.45) is 4.55. The zero-order valence-corrected chi connectivity index (χ0v) is 13.7. The van der Waals surface area contributed by atoms with Gasteiger partial charge in [0.1, 0.15) is 6.04 Å². The Morgan fingerprint density at radius 3 is 2.26 bits per heavy atom. The molecule has 2 rings (SSSR count). The highest BCUT2D eigenvalue weighted by atomic mass is 16.5. The number of hydrogen-bond acceptors (Lipinski definition) is 6. The van der Waals surface area contributed by atoms with E-state index in [1.165, 1.54) is 20.6 Å². The fraction of sp³-hybridized carbons (Fsp3) is 0.812. The van der Waals surface area contributed by atoms with Crippen LogP contribution in [0.25, 0.3) is 0 Å². The van der Waals surface area contributed by atoms with E-state index in [1.807, 2.05) is 0 Å². The van der Waals surface area contributed by atoms with Gasteiger partial charge in [0.05, 0.1) is 20.6 Å². The maximum absolute atomic E-state index is 12.5. The summed E-state index contributed by atoms with van der Waals surface area (Å²) in [6, 6.07) is -0.824. The van der Waals surface area contributed by atoms with E-state index in [2.05, 4.69) is 14.8 Å². The van der Waals surface area contributed by atoms with Crippen molar-refractivity contribution in [1.29, 1.82) is 0 Å². The largest absolute Gasteiger partial charge is 0.469 e. The van der Waals surface area contributed by atoms with Crippen LogP contribution in [0, 0.1) is 17.8 Å². The van der Waals surface area contributed by atoms with E-state index in [-0.39, 0.29) is 24.3 Å². The smallest absolute Gasteiger partial charge is 0.328 e. The van der Waals surface area contributed by atoms with Crippen LogP contribution in [0.2, 0.25) is 0 Å². The third-order valence-corrected chi connectivity index (χ3v) is 5.18. The van der Waals surface area contributed by atoms with Crippen LogP contribution >= 0.6 is 0 Å². The molecule has 0 spiro atoms. The van der Waals surface area contributed by atoms with Crippen LogP contribution in [0.4, 0.5) is 0 Å². The molecule has 0 radical (unpaired) electrons. The fourth-order valence-electron chi connectivity index (χ4n) is 3.88. The van der Waals surface area contributed by atoms with E-state index in [4.69, 9.17) is 5.73 Å². The summed E-state index contributed by atoms with van der Waals surface area (Å²) in [7, 11) is 2.46. The molecule has 2 saturated carbocycles. The number of methoxy groups -OCH3 is 2. The zero-order chi connectivity index (χ0) is 17.0. The lowest BCUT2D eigenvalue weighted by Gasteiger charge is -2.43. The number of rotatable bonds is 5. The van der Waals surface area contributed by atoms with Crippen molar-refractivity contribution in [3.8, 4) is 0 Å². The Balaban J connectivity index is 1.98. The van der Waals surface area contributed by atoms with Crippen LogP contribution in [0.3, 0.4) is 0 Å².